The van der Waals surface area contributed by atoms with Crippen LogP contribution in [0.1, 0.15) is 354 Å². The number of hydrogen-bond acceptors (Lipinski definition) is 10. The molecule has 0 aromatic carbocycles. The van der Waals surface area contributed by atoms with Crippen molar-refractivity contribution in [3.05, 3.63) is 0 Å². The van der Waals surface area contributed by atoms with Crippen molar-refractivity contribution in [1.29, 1.82) is 0 Å². The quantitative estimate of drug-likeness (QED) is 0.131. The summed E-state index contributed by atoms with van der Waals surface area (Å²) in [6, 6.07) is 0. The van der Waals surface area contributed by atoms with Gasteiger partial charge >= 0.3 is 29.8 Å². The average molecular weight is 1920 g/mol. The molecule has 37 rings (SSSR count). The van der Waals surface area contributed by atoms with Crippen LogP contribution in [0.4, 0.5) is 0 Å². The molecule has 0 spiro atoms. The Labute approximate surface area is 847 Å². The SMILES string of the molecule is C1CC2C3CCC(C3)C2C1.C1CC2CC1C1C3CCC(C3)C21.CC1C(C)C2CC1C1C3CC(C(=O)OC4(C)C5CC6CC(C5)CC4C6)C(C3)C21.CC1C(C)C2CC1C1C3CC(C(=O)OC4C5CC6CC(C5)CC4C6)C(C3)C21.CC1C(C)C2CC1C1C3CC(C(=O)OC4CC5CCC4(C)C5(C)C)C(C3)C21.COC(=O)C1CC2CC1C1C3CC(C(C)C3C)C21.COC(=O)C1CC2CC1C1C3CC(C(C)C3C)C21. The van der Waals surface area contributed by atoms with Crippen LogP contribution in [-0.4, -0.2) is 61.9 Å². The van der Waals surface area contributed by atoms with Gasteiger partial charge in [0.25, 0.3) is 0 Å². The predicted octanol–water partition coefficient (Wildman–Crippen LogP) is 28.1. The van der Waals surface area contributed by atoms with Gasteiger partial charge in [-0.3, -0.25) is 24.0 Å². The van der Waals surface area contributed by atoms with E-state index in [9.17, 15) is 24.0 Å². The van der Waals surface area contributed by atoms with Crippen molar-refractivity contribution in [2.24, 2.45) is 390 Å². The minimum Gasteiger partial charge on any atom is -0.469 e. The van der Waals surface area contributed by atoms with Gasteiger partial charge in [-0.15, -0.1) is 0 Å². The highest BCUT2D eigenvalue weighted by atomic mass is 16.6. The molecule has 10 nitrogen and oxygen atoms in total. The molecule has 0 radical (unpaired) electrons. The number of esters is 5. The molecule has 0 aromatic heterocycles. The van der Waals surface area contributed by atoms with E-state index in [1.165, 1.54) is 207 Å². The Balaban J connectivity index is 0.0000000802. The zero-order chi connectivity index (χ0) is 95.3. The highest BCUT2D eigenvalue weighted by molar-refractivity contribution is 5.76. The van der Waals surface area contributed by atoms with Gasteiger partial charge in [0.15, 0.2) is 0 Å². The van der Waals surface area contributed by atoms with Crippen molar-refractivity contribution in [2.75, 3.05) is 14.2 Å². The summed E-state index contributed by atoms with van der Waals surface area (Å²) in [5.74, 6) is 56.4. The summed E-state index contributed by atoms with van der Waals surface area (Å²) in [6.07, 6.45) is 56.8. The lowest BCUT2D eigenvalue weighted by atomic mass is 9.50. The molecule has 0 N–H and O–H groups in total. The number of hydrogen-bond donors (Lipinski definition) is 0. The van der Waals surface area contributed by atoms with Crippen molar-refractivity contribution in [2.45, 2.75) is 372 Å². The normalized spacial score (nSPS) is 62.5. The third-order valence-electron chi connectivity index (χ3n) is 60.6. The fourth-order valence-corrected chi connectivity index (χ4v) is 54.7. The standard InChI is InChI=1S/C26H38O2.C25H36O2.C25H38O2.2C16H24O2.C12H18.C10H16/c1-12-13(2)20-11-19(12)23-16-9-21(24(20)23)22(10-16)25(27)28-26(3)17-5-14-4-15(7-17)8-18(26)6-14;1-11-12(2)19-10-18(11)22-15-8-20(23(19)22)21(9-15)25(26)27-24-16-4-13-3-14(6-16)7-17(24)5-13;1-12-13(2)17-11-16(12)21-14-8-18(22(17)21)19(9-14)23(26)27-20-10-15-6-7-25(20,5)24(15,3)4;2*1-7-8(2)11-6-10(7)14-9-4-12(15(11)14)13(5-9)16(17)18-3;1-2-8-5-7(1)11-9-3-4-10(6-9)12(8)11;1-2-9-7-4-5-8(6-7)10(9)3-1/h12-24H,4-11H2,1-3H3;11-24H,3-10H2,1-2H3;12-22H,6-11H2,1-5H3;2*7-15H,4-6H2,1-3H3;7-12H,1-6H2;7-10H,1-6H2. The summed E-state index contributed by atoms with van der Waals surface area (Å²) in [4.78, 5) is 64.1. The van der Waals surface area contributed by atoms with E-state index in [-0.39, 0.29) is 76.6 Å². The van der Waals surface area contributed by atoms with Crippen LogP contribution in [-0.2, 0) is 47.7 Å². The molecule has 0 heterocycles. The Morgan fingerprint density at radius 3 is 0.814 bits per heavy atom. The Bertz CT molecular complexity index is 4600. The molecule has 0 aliphatic heterocycles. The number of carbonyl (C=O) groups excluding carboxylic acids is 5. The van der Waals surface area contributed by atoms with Crippen molar-refractivity contribution >= 4 is 29.8 Å². The molecule has 56 atom stereocenters. The lowest BCUT2D eigenvalue weighted by Gasteiger charge is -2.59. The van der Waals surface area contributed by atoms with Gasteiger partial charge in [-0.05, 0) is 612 Å². The molecule has 774 valence electrons. The van der Waals surface area contributed by atoms with Crippen molar-refractivity contribution in [1.82, 2.24) is 0 Å². The Morgan fingerprint density at radius 1 is 0.221 bits per heavy atom. The molecule has 36 bridgehead atoms. The number of carbonyl (C=O) groups is 5. The minimum absolute atomic E-state index is 0.0735. The lowest BCUT2D eigenvalue weighted by Crippen LogP contribution is -2.58. The summed E-state index contributed by atoms with van der Waals surface area (Å²) < 4.78 is 29.4. The Hall–Kier alpha value is -2.65. The van der Waals surface area contributed by atoms with E-state index in [4.69, 9.17) is 23.7 Å². The van der Waals surface area contributed by atoms with Crippen molar-refractivity contribution in [3.63, 3.8) is 0 Å². The molecule has 37 aliphatic carbocycles. The Kier molecular flexibility index (Phi) is 22.3. The van der Waals surface area contributed by atoms with Crippen LogP contribution in [0.25, 0.3) is 0 Å². The number of fused-ring (bicyclic) bond motifs is 61. The van der Waals surface area contributed by atoms with E-state index in [2.05, 4.69) is 96.9 Å². The van der Waals surface area contributed by atoms with Gasteiger partial charge in [-0.1, -0.05) is 96.4 Å². The second kappa shape index (κ2) is 33.4. The van der Waals surface area contributed by atoms with Gasteiger partial charge in [0.1, 0.15) is 17.8 Å². The minimum atomic E-state index is -0.137. The summed E-state index contributed by atoms with van der Waals surface area (Å²) in [5, 5.41) is 0. The molecular formula is C130H194O10. The third kappa shape index (κ3) is 13.2. The predicted molar refractivity (Wildman–Crippen MR) is 545 cm³/mol. The summed E-state index contributed by atoms with van der Waals surface area (Å²) >= 11 is 0. The second-order valence-corrected chi connectivity index (χ2v) is 62.9. The molecule has 56 unspecified atom stereocenters. The summed E-state index contributed by atoms with van der Waals surface area (Å²) in [7, 11) is 3.11. The monoisotopic (exact) mass is 1920 g/mol. The van der Waals surface area contributed by atoms with Crippen molar-refractivity contribution < 1.29 is 47.7 Å². The van der Waals surface area contributed by atoms with Crippen LogP contribution in [0.3, 0.4) is 0 Å². The molecular weight excluding hydrogens is 1720 g/mol. The zero-order valence-corrected chi connectivity index (χ0v) is 90.5. The number of methoxy groups -OCH3 is 2. The molecule has 140 heavy (non-hydrogen) atoms. The smallest absolute Gasteiger partial charge is 0.309 e. The fraction of sp³-hybridized carbons (Fsp3) is 0.962. The van der Waals surface area contributed by atoms with Gasteiger partial charge in [0.2, 0.25) is 0 Å². The molecule has 37 fully saturated rings. The van der Waals surface area contributed by atoms with Crippen LogP contribution in [0, 0.1) is 390 Å². The maximum Gasteiger partial charge on any atom is 0.309 e. The van der Waals surface area contributed by atoms with E-state index in [0.717, 1.165) is 269 Å². The summed E-state index contributed by atoms with van der Waals surface area (Å²) in [6.45, 7) is 34.4. The first-order valence-electron chi connectivity index (χ1n) is 63.2. The van der Waals surface area contributed by atoms with Gasteiger partial charge in [0.05, 0.1) is 43.8 Å². The van der Waals surface area contributed by atoms with Crippen molar-refractivity contribution in [3.8, 4) is 0 Å². The summed E-state index contributed by atoms with van der Waals surface area (Å²) in [5.41, 5.74) is 0.389. The first-order chi connectivity index (χ1) is 67.4. The van der Waals surface area contributed by atoms with Crippen LogP contribution >= 0.6 is 0 Å². The fourth-order valence-electron chi connectivity index (χ4n) is 54.7. The van der Waals surface area contributed by atoms with Gasteiger partial charge < -0.3 is 23.7 Å². The zero-order valence-electron chi connectivity index (χ0n) is 90.5. The lowest BCUT2D eigenvalue weighted by molar-refractivity contribution is -0.209. The van der Waals surface area contributed by atoms with E-state index in [1.807, 2.05) is 0 Å². The highest BCUT2D eigenvalue weighted by Crippen LogP contribution is 2.80. The van der Waals surface area contributed by atoms with E-state index < -0.39 is 0 Å². The van der Waals surface area contributed by atoms with E-state index >= 15 is 0 Å². The molecule has 37 aliphatic rings. The number of ether oxygens (including phenoxy) is 5. The van der Waals surface area contributed by atoms with Crippen LogP contribution < -0.4 is 0 Å². The second-order valence-electron chi connectivity index (χ2n) is 62.9. The van der Waals surface area contributed by atoms with Crippen LogP contribution in [0.2, 0.25) is 0 Å². The molecule has 10 heteroatoms. The average Bonchev–Trinajstić information content (AvgIpc) is 1.53. The van der Waals surface area contributed by atoms with Gasteiger partial charge in [-0.25, -0.2) is 0 Å². The van der Waals surface area contributed by atoms with E-state index in [0.29, 0.717) is 64.8 Å². The van der Waals surface area contributed by atoms with Gasteiger partial charge in [0, 0.05) is 5.41 Å². The number of rotatable bonds is 8. The molecule has 0 aromatic rings. The first kappa shape index (κ1) is 93.4. The highest BCUT2D eigenvalue weighted by Gasteiger charge is 2.75. The third-order valence-corrected chi connectivity index (χ3v) is 60.6. The Morgan fingerprint density at radius 2 is 0.507 bits per heavy atom. The topological polar surface area (TPSA) is 132 Å². The molecule has 0 amide bonds. The molecule has 37 saturated carbocycles. The van der Waals surface area contributed by atoms with Gasteiger partial charge in [-0.2, -0.15) is 0 Å². The largest absolute Gasteiger partial charge is 0.469 e. The molecule has 0 saturated heterocycles. The van der Waals surface area contributed by atoms with Crippen LogP contribution in [0.5, 0.6) is 0 Å². The maximum absolute atomic E-state index is 13.6. The maximum atomic E-state index is 13.6. The van der Waals surface area contributed by atoms with Crippen LogP contribution in [0.15, 0.2) is 0 Å². The first-order valence-corrected chi connectivity index (χ1v) is 63.2. The van der Waals surface area contributed by atoms with E-state index in [1.54, 1.807) is 91.3 Å².